The topological polar surface area (TPSA) is 66.4 Å². The number of aromatic carboxylic acids is 1. The van der Waals surface area contributed by atoms with Crippen LogP contribution in [0, 0.1) is 6.92 Å². The van der Waals surface area contributed by atoms with Crippen LogP contribution in [0.5, 0.6) is 0 Å². The average molecular weight is 322 g/mol. The first kappa shape index (κ1) is 15.3. The molecule has 0 aliphatic heterocycles. The summed E-state index contributed by atoms with van der Waals surface area (Å²) in [4.78, 5) is 24.9. The Kier molecular flexibility index (Phi) is 4.77. The Morgan fingerprint density at radius 3 is 2.67 bits per heavy atom. The minimum atomic E-state index is -1.10. The predicted octanol–water partition coefficient (Wildman–Crippen LogP) is 4.06. The Morgan fingerprint density at radius 2 is 2.05 bits per heavy atom. The van der Waals surface area contributed by atoms with Crippen LogP contribution >= 0.6 is 22.9 Å². The maximum absolute atomic E-state index is 11.8. The number of aryl methyl sites for hydroxylation is 1. The number of thiophene rings is 1. The molecule has 0 bridgehead atoms. The molecule has 1 amide bonds. The number of carbonyl (C=O) groups excluding carboxylic acids is 1. The number of amides is 1. The first-order chi connectivity index (χ1) is 9.94. The second-order valence-corrected chi connectivity index (χ2v) is 6.06. The maximum Gasteiger partial charge on any atom is 0.335 e. The summed E-state index contributed by atoms with van der Waals surface area (Å²) in [5.74, 6) is -1.45. The minimum Gasteiger partial charge on any atom is -0.478 e. The van der Waals surface area contributed by atoms with E-state index in [1.165, 1.54) is 24.3 Å². The monoisotopic (exact) mass is 321 g/mol. The lowest BCUT2D eigenvalue weighted by molar-refractivity contribution is -0.111. The molecule has 108 valence electrons. The van der Waals surface area contributed by atoms with E-state index in [4.69, 9.17) is 16.7 Å². The lowest BCUT2D eigenvalue weighted by Gasteiger charge is -2.04. The van der Waals surface area contributed by atoms with Crippen molar-refractivity contribution >= 4 is 46.6 Å². The van der Waals surface area contributed by atoms with Gasteiger partial charge < -0.3 is 10.4 Å². The zero-order valence-electron chi connectivity index (χ0n) is 11.1. The Labute approximate surface area is 130 Å². The van der Waals surface area contributed by atoms with Crippen molar-refractivity contribution in [1.29, 1.82) is 0 Å². The summed E-state index contributed by atoms with van der Waals surface area (Å²) in [5.41, 5.74) is 0.368. The fourth-order valence-corrected chi connectivity index (χ4v) is 2.69. The van der Waals surface area contributed by atoms with E-state index in [0.717, 1.165) is 9.75 Å². The molecule has 0 aliphatic carbocycles. The summed E-state index contributed by atoms with van der Waals surface area (Å²) in [6.45, 7) is 1.99. The summed E-state index contributed by atoms with van der Waals surface area (Å²) in [5, 5.41) is 11.8. The smallest absolute Gasteiger partial charge is 0.335 e. The molecule has 0 unspecified atom stereocenters. The minimum absolute atomic E-state index is 0.0238. The molecule has 0 aliphatic rings. The lowest BCUT2D eigenvalue weighted by Crippen LogP contribution is -2.08. The highest BCUT2D eigenvalue weighted by Crippen LogP contribution is 2.20. The molecule has 4 nitrogen and oxygen atoms in total. The van der Waals surface area contributed by atoms with Crippen LogP contribution in [0.2, 0.25) is 5.02 Å². The number of hydrogen-bond donors (Lipinski definition) is 2. The molecule has 1 aromatic heterocycles. The number of halogens is 1. The van der Waals surface area contributed by atoms with Crippen LogP contribution in [-0.4, -0.2) is 17.0 Å². The zero-order chi connectivity index (χ0) is 15.4. The fraction of sp³-hybridized carbons (Fsp3) is 0.0667. The number of carboxylic acid groups (broad SMARTS) is 1. The molecular weight excluding hydrogens is 310 g/mol. The van der Waals surface area contributed by atoms with Gasteiger partial charge in [0.15, 0.2) is 0 Å². The molecule has 2 N–H and O–H groups in total. The molecule has 1 aromatic carbocycles. The van der Waals surface area contributed by atoms with Crippen LogP contribution in [-0.2, 0) is 4.79 Å². The molecule has 6 heteroatoms. The van der Waals surface area contributed by atoms with E-state index < -0.39 is 5.97 Å². The van der Waals surface area contributed by atoms with Gasteiger partial charge >= 0.3 is 5.97 Å². The summed E-state index contributed by atoms with van der Waals surface area (Å²) in [7, 11) is 0. The van der Waals surface area contributed by atoms with Crippen molar-refractivity contribution in [1.82, 2.24) is 0 Å². The van der Waals surface area contributed by atoms with Crippen molar-refractivity contribution < 1.29 is 14.7 Å². The van der Waals surface area contributed by atoms with Crippen molar-refractivity contribution in [2.24, 2.45) is 0 Å². The Bertz CT molecular complexity index is 721. The van der Waals surface area contributed by atoms with E-state index >= 15 is 0 Å². The number of anilines is 1. The van der Waals surface area contributed by atoms with Gasteiger partial charge in [-0.25, -0.2) is 4.79 Å². The molecule has 0 fully saturated rings. The van der Waals surface area contributed by atoms with Crippen LogP contribution in [0.1, 0.15) is 20.1 Å². The molecule has 0 saturated heterocycles. The van der Waals surface area contributed by atoms with Crippen LogP contribution in [0.15, 0.2) is 36.4 Å². The molecule has 0 spiro atoms. The van der Waals surface area contributed by atoms with E-state index in [9.17, 15) is 9.59 Å². The van der Waals surface area contributed by atoms with Gasteiger partial charge in [-0.1, -0.05) is 11.6 Å². The second kappa shape index (κ2) is 6.56. The van der Waals surface area contributed by atoms with Gasteiger partial charge in [-0.2, -0.15) is 0 Å². The van der Waals surface area contributed by atoms with Gasteiger partial charge in [0.1, 0.15) is 0 Å². The van der Waals surface area contributed by atoms with Crippen LogP contribution in [0.3, 0.4) is 0 Å². The normalized spacial score (nSPS) is 10.8. The third kappa shape index (κ3) is 4.44. The van der Waals surface area contributed by atoms with Gasteiger partial charge in [0.25, 0.3) is 0 Å². The third-order valence-corrected chi connectivity index (χ3v) is 3.76. The SMILES string of the molecule is Cc1ccc(/C=C/C(=O)Nc2cc(Cl)cc(C(=O)O)c2)s1. The van der Waals surface area contributed by atoms with Gasteiger partial charge in [0, 0.05) is 26.5 Å². The molecular formula is C15H12ClNO3S. The highest BCUT2D eigenvalue weighted by atomic mass is 35.5. The van der Waals surface area contributed by atoms with Gasteiger partial charge in [0.2, 0.25) is 5.91 Å². The Morgan fingerprint density at radius 1 is 1.29 bits per heavy atom. The molecule has 0 radical (unpaired) electrons. The van der Waals surface area contributed by atoms with Crippen molar-refractivity contribution in [3.63, 3.8) is 0 Å². The van der Waals surface area contributed by atoms with Crippen LogP contribution < -0.4 is 5.32 Å². The molecule has 21 heavy (non-hydrogen) atoms. The Hall–Kier alpha value is -2.11. The van der Waals surface area contributed by atoms with E-state index in [1.54, 1.807) is 17.4 Å². The molecule has 2 aromatic rings. The summed E-state index contributed by atoms with van der Waals surface area (Å²) in [6.07, 6.45) is 3.10. The maximum atomic E-state index is 11.8. The Balaban J connectivity index is 2.09. The summed E-state index contributed by atoms with van der Waals surface area (Å²) in [6, 6.07) is 8.07. The van der Waals surface area contributed by atoms with Gasteiger partial charge in [-0.3, -0.25) is 4.79 Å². The van der Waals surface area contributed by atoms with Crippen LogP contribution in [0.25, 0.3) is 6.08 Å². The number of benzene rings is 1. The lowest BCUT2D eigenvalue weighted by atomic mass is 10.2. The first-order valence-corrected chi connectivity index (χ1v) is 7.23. The predicted molar refractivity (Wildman–Crippen MR) is 85.1 cm³/mol. The number of nitrogens with one attached hydrogen (secondary N) is 1. The third-order valence-electron chi connectivity index (χ3n) is 2.57. The zero-order valence-corrected chi connectivity index (χ0v) is 12.7. The van der Waals surface area contributed by atoms with E-state index in [-0.39, 0.29) is 16.5 Å². The standard InChI is InChI=1S/C15H12ClNO3S/c1-9-2-3-13(21-9)4-5-14(18)17-12-7-10(15(19)20)6-11(16)8-12/h2-8H,1H3,(H,17,18)(H,19,20)/b5-4+. The van der Waals surface area contributed by atoms with Gasteiger partial charge in [-0.15, -0.1) is 11.3 Å². The fourth-order valence-electron chi connectivity index (χ4n) is 1.67. The molecule has 2 rings (SSSR count). The van der Waals surface area contributed by atoms with Crippen molar-refractivity contribution in [2.75, 3.05) is 5.32 Å². The largest absolute Gasteiger partial charge is 0.478 e. The quantitative estimate of drug-likeness (QED) is 0.834. The van der Waals surface area contributed by atoms with Gasteiger partial charge in [0.05, 0.1) is 5.56 Å². The van der Waals surface area contributed by atoms with Crippen molar-refractivity contribution in [2.45, 2.75) is 6.92 Å². The molecule has 0 atom stereocenters. The number of rotatable bonds is 4. The summed E-state index contributed by atoms with van der Waals surface area (Å²) >= 11 is 7.40. The van der Waals surface area contributed by atoms with Crippen LogP contribution in [0.4, 0.5) is 5.69 Å². The molecule has 0 saturated carbocycles. The first-order valence-electron chi connectivity index (χ1n) is 6.03. The van der Waals surface area contributed by atoms with Crippen molar-refractivity contribution in [3.8, 4) is 0 Å². The van der Waals surface area contributed by atoms with Gasteiger partial charge in [-0.05, 0) is 43.3 Å². The number of carboxylic acids is 1. The number of carbonyl (C=O) groups is 2. The van der Waals surface area contributed by atoms with E-state index in [1.807, 2.05) is 19.1 Å². The van der Waals surface area contributed by atoms with E-state index in [0.29, 0.717) is 5.69 Å². The highest BCUT2D eigenvalue weighted by molar-refractivity contribution is 7.12. The second-order valence-electron chi connectivity index (χ2n) is 4.30. The molecule has 1 heterocycles. The number of hydrogen-bond acceptors (Lipinski definition) is 3. The average Bonchev–Trinajstić information content (AvgIpc) is 2.81. The highest BCUT2D eigenvalue weighted by Gasteiger charge is 2.07. The van der Waals surface area contributed by atoms with E-state index in [2.05, 4.69) is 5.32 Å². The summed E-state index contributed by atoms with van der Waals surface area (Å²) < 4.78 is 0. The van der Waals surface area contributed by atoms with Crippen molar-refractivity contribution in [3.05, 3.63) is 56.7 Å².